The number of nitro groups is 1. The van der Waals surface area contributed by atoms with Gasteiger partial charge in [-0.1, -0.05) is 30.3 Å². The lowest BCUT2D eigenvalue weighted by atomic mass is 10.1. The van der Waals surface area contributed by atoms with Gasteiger partial charge in [0.2, 0.25) is 0 Å². The molecule has 0 spiro atoms. The van der Waals surface area contributed by atoms with Crippen LogP contribution in [0, 0.1) is 10.1 Å². The normalized spacial score (nSPS) is 10.1. The van der Waals surface area contributed by atoms with Crippen LogP contribution in [0.1, 0.15) is 15.9 Å². The van der Waals surface area contributed by atoms with Crippen LogP contribution in [0.25, 0.3) is 0 Å². The van der Waals surface area contributed by atoms with Crippen molar-refractivity contribution >= 4 is 23.3 Å². The molecule has 0 heterocycles. The lowest BCUT2D eigenvalue weighted by Gasteiger charge is -2.17. The van der Waals surface area contributed by atoms with Crippen LogP contribution in [0.2, 0.25) is 0 Å². The molecule has 0 radical (unpaired) electrons. The SMILES string of the molecule is CN(Cc1ccccc1)C(=O)COC(=O)c1ccc([N+](=O)[O-])cc1N. The Hall–Kier alpha value is -3.42. The summed E-state index contributed by atoms with van der Waals surface area (Å²) >= 11 is 0. The van der Waals surface area contributed by atoms with Crippen molar-refractivity contribution in [1.29, 1.82) is 0 Å². The summed E-state index contributed by atoms with van der Waals surface area (Å²) in [7, 11) is 1.60. The number of nitro benzene ring substituents is 1. The average Bonchev–Trinajstić information content (AvgIpc) is 2.60. The van der Waals surface area contributed by atoms with E-state index in [0.29, 0.717) is 6.54 Å². The van der Waals surface area contributed by atoms with Gasteiger partial charge in [0.15, 0.2) is 6.61 Å². The summed E-state index contributed by atoms with van der Waals surface area (Å²) in [4.78, 5) is 35.5. The second kappa shape index (κ2) is 7.91. The molecule has 0 aromatic heterocycles. The molecule has 0 aliphatic heterocycles. The average molecular weight is 343 g/mol. The van der Waals surface area contributed by atoms with Crippen LogP contribution in [0.5, 0.6) is 0 Å². The van der Waals surface area contributed by atoms with E-state index in [1.165, 1.54) is 11.0 Å². The van der Waals surface area contributed by atoms with Gasteiger partial charge in [-0.3, -0.25) is 14.9 Å². The summed E-state index contributed by atoms with van der Waals surface area (Å²) in [5.41, 5.74) is 6.24. The van der Waals surface area contributed by atoms with Gasteiger partial charge in [0.05, 0.1) is 16.2 Å². The van der Waals surface area contributed by atoms with E-state index >= 15 is 0 Å². The van der Waals surface area contributed by atoms with E-state index in [-0.39, 0.29) is 22.8 Å². The van der Waals surface area contributed by atoms with Gasteiger partial charge in [0.25, 0.3) is 11.6 Å². The van der Waals surface area contributed by atoms with E-state index in [1.54, 1.807) is 7.05 Å². The first-order chi connectivity index (χ1) is 11.9. The third-order valence-corrected chi connectivity index (χ3v) is 3.48. The van der Waals surface area contributed by atoms with Gasteiger partial charge < -0.3 is 15.4 Å². The maximum absolute atomic E-state index is 12.0. The predicted molar refractivity (Wildman–Crippen MR) is 90.7 cm³/mol. The first-order valence-electron chi connectivity index (χ1n) is 7.37. The number of nitrogens with zero attached hydrogens (tertiary/aromatic N) is 2. The van der Waals surface area contributed by atoms with Crippen LogP contribution in [-0.4, -0.2) is 35.4 Å². The highest BCUT2D eigenvalue weighted by Crippen LogP contribution is 2.20. The molecular weight excluding hydrogens is 326 g/mol. The summed E-state index contributed by atoms with van der Waals surface area (Å²) in [6, 6.07) is 12.8. The highest BCUT2D eigenvalue weighted by molar-refractivity contribution is 5.96. The monoisotopic (exact) mass is 343 g/mol. The standard InChI is InChI=1S/C17H17N3O5/c1-19(10-12-5-3-2-4-6-12)16(21)11-25-17(22)14-8-7-13(20(23)24)9-15(14)18/h2-9H,10-11,18H2,1H3. The lowest BCUT2D eigenvalue weighted by molar-refractivity contribution is -0.384. The Morgan fingerprint density at radius 3 is 2.48 bits per heavy atom. The van der Waals surface area contributed by atoms with Crippen molar-refractivity contribution in [3.05, 3.63) is 69.8 Å². The number of rotatable bonds is 6. The topological polar surface area (TPSA) is 116 Å². The molecule has 0 saturated heterocycles. The number of carbonyl (C=O) groups excluding carboxylic acids is 2. The highest BCUT2D eigenvalue weighted by atomic mass is 16.6. The molecule has 2 N–H and O–H groups in total. The quantitative estimate of drug-likeness (QED) is 0.371. The molecule has 0 aliphatic rings. The second-order valence-electron chi connectivity index (χ2n) is 5.34. The summed E-state index contributed by atoms with van der Waals surface area (Å²) < 4.78 is 4.95. The van der Waals surface area contributed by atoms with Gasteiger partial charge in [-0.2, -0.15) is 0 Å². The number of esters is 1. The van der Waals surface area contributed by atoms with Crippen molar-refractivity contribution in [2.45, 2.75) is 6.54 Å². The summed E-state index contributed by atoms with van der Waals surface area (Å²) in [6.07, 6.45) is 0. The number of likely N-dealkylation sites (N-methyl/N-ethyl adjacent to an activating group) is 1. The van der Waals surface area contributed by atoms with Crippen molar-refractivity contribution in [1.82, 2.24) is 4.90 Å². The van der Waals surface area contributed by atoms with Crippen molar-refractivity contribution < 1.29 is 19.2 Å². The van der Waals surface area contributed by atoms with Crippen LogP contribution in [-0.2, 0) is 16.1 Å². The van der Waals surface area contributed by atoms with Gasteiger partial charge >= 0.3 is 5.97 Å². The number of hydrogen-bond donors (Lipinski definition) is 1. The van der Waals surface area contributed by atoms with Gasteiger partial charge in [0, 0.05) is 25.7 Å². The molecule has 0 bridgehead atoms. The number of anilines is 1. The van der Waals surface area contributed by atoms with E-state index in [2.05, 4.69) is 0 Å². The Morgan fingerprint density at radius 1 is 1.20 bits per heavy atom. The molecule has 0 saturated carbocycles. The maximum atomic E-state index is 12.0. The fourth-order valence-corrected chi connectivity index (χ4v) is 2.11. The van der Waals surface area contributed by atoms with E-state index in [0.717, 1.165) is 17.7 Å². The molecule has 0 unspecified atom stereocenters. The number of non-ortho nitro benzene ring substituents is 1. The molecule has 2 rings (SSSR count). The smallest absolute Gasteiger partial charge is 0.340 e. The van der Waals surface area contributed by atoms with E-state index < -0.39 is 17.5 Å². The fraction of sp³-hybridized carbons (Fsp3) is 0.176. The van der Waals surface area contributed by atoms with Crippen LogP contribution in [0.15, 0.2) is 48.5 Å². The first-order valence-corrected chi connectivity index (χ1v) is 7.37. The molecule has 8 nitrogen and oxygen atoms in total. The lowest BCUT2D eigenvalue weighted by Crippen LogP contribution is -2.30. The zero-order chi connectivity index (χ0) is 18.4. The number of amides is 1. The van der Waals surface area contributed by atoms with E-state index in [4.69, 9.17) is 10.5 Å². The number of carbonyl (C=O) groups is 2. The molecule has 2 aromatic rings. The van der Waals surface area contributed by atoms with Crippen molar-refractivity contribution in [3.8, 4) is 0 Å². The molecule has 0 aliphatic carbocycles. The molecular formula is C17H17N3O5. The molecule has 25 heavy (non-hydrogen) atoms. The number of nitrogens with two attached hydrogens (primary N) is 1. The Labute approximate surface area is 144 Å². The highest BCUT2D eigenvalue weighted by Gasteiger charge is 2.18. The van der Waals surface area contributed by atoms with Crippen LogP contribution in [0.4, 0.5) is 11.4 Å². The molecule has 0 atom stereocenters. The van der Waals surface area contributed by atoms with Gasteiger partial charge in [0.1, 0.15) is 0 Å². The number of hydrogen-bond acceptors (Lipinski definition) is 6. The molecule has 130 valence electrons. The fourth-order valence-electron chi connectivity index (χ4n) is 2.11. The summed E-state index contributed by atoms with van der Waals surface area (Å²) in [5, 5.41) is 10.7. The van der Waals surface area contributed by atoms with Crippen molar-refractivity contribution in [3.63, 3.8) is 0 Å². The number of benzene rings is 2. The van der Waals surface area contributed by atoms with Crippen LogP contribution in [0.3, 0.4) is 0 Å². The third kappa shape index (κ3) is 4.77. The van der Waals surface area contributed by atoms with Gasteiger partial charge in [-0.05, 0) is 11.6 Å². The number of ether oxygens (including phenoxy) is 1. The Morgan fingerprint density at radius 2 is 1.88 bits per heavy atom. The van der Waals surface area contributed by atoms with E-state index in [1.807, 2.05) is 30.3 Å². The minimum Gasteiger partial charge on any atom is -0.452 e. The van der Waals surface area contributed by atoms with Crippen molar-refractivity contribution in [2.75, 3.05) is 19.4 Å². The molecule has 8 heteroatoms. The summed E-state index contributed by atoms with van der Waals surface area (Å²) in [5.74, 6) is -1.19. The Bertz CT molecular complexity index is 792. The van der Waals surface area contributed by atoms with Crippen LogP contribution < -0.4 is 5.73 Å². The van der Waals surface area contributed by atoms with Crippen molar-refractivity contribution in [2.24, 2.45) is 0 Å². The predicted octanol–water partition coefficient (Wildman–Crippen LogP) is 1.99. The van der Waals surface area contributed by atoms with E-state index in [9.17, 15) is 19.7 Å². The Kier molecular flexibility index (Phi) is 5.67. The zero-order valence-electron chi connectivity index (χ0n) is 13.5. The van der Waals surface area contributed by atoms with Gasteiger partial charge in [-0.15, -0.1) is 0 Å². The molecule has 0 fully saturated rings. The maximum Gasteiger partial charge on any atom is 0.340 e. The van der Waals surface area contributed by atoms with Crippen LogP contribution >= 0.6 is 0 Å². The third-order valence-electron chi connectivity index (χ3n) is 3.48. The zero-order valence-corrected chi connectivity index (χ0v) is 13.5. The minimum atomic E-state index is -0.811. The molecule has 2 aromatic carbocycles. The van der Waals surface area contributed by atoms with Gasteiger partial charge in [-0.25, -0.2) is 4.79 Å². The minimum absolute atomic E-state index is 0.0240. The summed E-state index contributed by atoms with van der Waals surface area (Å²) in [6.45, 7) is -0.0600. The first kappa shape index (κ1) is 17.9. The second-order valence-corrected chi connectivity index (χ2v) is 5.34. The largest absolute Gasteiger partial charge is 0.452 e. The molecule has 1 amide bonds. The number of nitrogen functional groups attached to an aromatic ring is 1. The Balaban J connectivity index is 1.93.